The number of nitrogens with one attached hydrogen (secondary N) is 2. The molecule has 4 rings (SSSR count). The number of allylic oxidation sites excluding steroid dienone is 1. The Labute approximate surface area is 217 Å². The van der Waals surface area contributed by atoms with E-state index in [1.807, 2.05) is 76.2 Å². The van der Waals surface area contributed by atoms with Gasteiger partial charge in [-0.3, -0.25) is 9.59 Å². The molecule has 2 heterocycles. The van der Waals surface area contributed by atoms with E-state index in [2.05, 4.69) is 15.5 Å². The van der Waals surface area contributed by atoms with Gasteiger partial charge in [-0.25, -0.2) is 4.99 Å². The Morgan fingerprint density at radius 2 is 1.92 bits per heavy atom. The fourth-order valence-electron chi connectivity index (χ4n) is 4.52. The van der Waals surface area contributed by atoms with E-state index in [0.717, 1.165) is 35.1 Å². The first kappa shape index (κ1) is 25.8. The molecule has 0 radical (unpaired) electrons. The normalized spacial score (nSPS) is 17.8. The first-order chi connectivity index (χ1) is 17.2. The molecule has 0 aliphatic carbocycles. The molecule has 7 nitrogen and oxygen atoms in total. The van der Waals surface area contributed by atoms with Crippen LogP contribution in [0, 0.1) is 5.41 Å². The van der Waals surface area contributed by atoms with E-state index < -0.39 is 0 Å². The van der Waals surface area contributed by atoms with Crippen molar-refractivity contribution in [2.75, 3.05) is 30.0 Å². The summed E-state index contributed by atoms with van der Waals surface area (Å²) in [5, 5.41) is 7.00. The van der Waals surface area contributed by atoms with Crippen LogP contribution in [0.2, 0.25) is 0 Å². The number of anilines is 2. The number of nitrogens with zero attached hydrogens (tertiary/aromatic N) is 2. The number of amides is 2. The summed E-state index contributed by atoms with van der Waals surface area (Å²) in [6.45, 7) is 8.81. The van der Waals surface area contributed by atoms with Crippen LogP contribution >= 0.6 is 11.8 Å². The Bertz CT molecular complexity index is 1220. The van der Waals surface area contributed by atoms with Gasteiger partial charge in [0.1, 0.15) is 5.75 Å². The zero-order valence-corrected chi connectivity index (χ0v) is 22.4. The summed E-state index contributed by atoms with van der Waals surface area (Å²) in [6.07, 6.45) is 1.43. The summed E-state index contributed by atoms with van der Waals surface area (Å²) in [5.74, 6) is 1.35. The number of hydrogen-bond acceptors (Lipinski definition) is 6. The molecule has 190 valence electrons. The third kappa shape index (κ3) is 5.93. The van der Waals surface area contributed by atoms with Gasteiger partial charge in [0.15, 0.2) is 5.17 Å². The van der Waals surface area contributed by atoms with E-state index >= 15 is 0 Å². The number of ether oxygens (including phenoxy) is 1. The number of para-hydroxylation sites is 2. The molecule has 2 aliphatic heterocycles. The van der Waals surface area contributed by atoms with Gasteiger partial charge in [0, 0.05) is 24.4 Å². The lowest BCUT2D eigenvalue weighted by Crippen LogP contribution is -2.43. The molecule has 2 aromatic carbocycles. The summed E-state index contributed by atoms with van der Waals surface area (Å²) in [6, 6.07) is 14.8. The first-order valence-corrected chi connectivity index (χ1v) is 13.2. The van der Waals surface area contributed by atoms with Crippen molar-refractivity contribution in [3.05, 3.63) is 65.4 Å². The van der Waals surface area contributed by atoms with Crippen LogP contribution in [-0.4, -0.2) is 41.3 Å². The molecule has 2 aliphatic rings. The predicted molar refractivity (Wildman–Crippen MR) is 147 cm³/mol. The fraction of sp³-hybridized carbons (Fsp3) is 0.393. The van der Waals surface area contributed by atoms with Gasteiger partial charge in [-0.05, 0) is 48.6 Å². The molecule has 2 aromatic rings. The van der Waals surface area contributed by atoms with Crippen molar-refractivity contribution in [1.29, 1.82) is 0 Å². The van der Waals surface area contributed by atoms with Crippen molar-refractivity contribution in [2.45, 2.75) is 46.6 Å². The van der Waals surface area contributed by atoms with Gasteiger partial charge in [-0.15, -0.1) is 0 Å². The van der Waals surface area contributed by atoms with Gasteiger partial charge >= 0.3 is 0 Å². The summed E-state index contributed by atoms with van der Waals surface area (Å²) in [5.41, 5.74) is 3.43. The highest BCUT2D eigenvalue weighted by Crippen LogP contribution is 2.40. The molecule has 2 amide bonds. The van der Waals surface area contributed by atoms with Crippen molar-refractivity contribution in [1.82, 2.24) is 4.90 Å². The van der Waals surface area contributed by atoms with Gasteiger partial charge in [0.25, 0.3) is 5.91 Å². The number of thioether (sulfide) groups is 1. The Balaban J connectivity index is 1.69. The summed E-state index contributed by atoms with van der Waals surface area (Å²) < 4.78 is 5.43. The minimum absolute atomic E-state index is 0.0278. The monoisotopic (exact) mass is 506 g/mol. The van der Waals surface area contributed by atoms with Gasteiger partial charge in [0.05, 0.1) is 30.1 Å². The number of amidine groups is 1. The number of carbonyl (C=O) groups excluding carboxylic acids is 2. The van der Waals surface area contributed by atoms with Crippen LogP contribution in [0.1, 0.15) is 52.1 Å². The second-order valence-electron chi connectivity index (χ2n) is 10.3. The fourth-order valence-corrected chi connectivity index (χ4v) is 5.54. The molecule has 1 atom stereocenters. The molecular formula is C28H34N4O3S. The lowest BCUT2D eigenvalue weighted by atomic mass is 9.91. The van der Waals surface area contributed by atoms with Crippen LogP contribution in [0.15, 0.2) is 64.8 Å². The minimum Gasteiger partial charge on any atom is -0.495 e. The van der Waals surface area contributed by atoms with Crippen molar-refractivity contribution >= 4 is 40.1 Å². The maximum Gasteiger partial charge on any atom is 0.255 e. The second-order valence-corrected chi connectivity index (χ2v) is 11.3. The zero-order chi connectivity index (χ0) is 25.9. The third-order valence-electron chi connectivity index (χ3n) is 6.04. The van der Waals surface area contributed by atoms with Crippen LogP contribution in [-0.2, 0) is 9.59 Å². The van der Waals surface area contributed by atoms with Crippen LogP contribution in [0.5, 0.6) is 5.75 Å². The SMILES string of the molecule is COc1ccccc1NC(=O)C1=C(C)N=C2SCCCN2C1c1cccc(NC(=O)CC(C)(C)C)c1. The summed E-state index contributed by atoms with van der Waals surface area (Å²) in [4.78, 5) is 33.3. The Hall–Kier alpha value is -3.26. The van der Waals surface area contributed by atoms with E-state index in [9.17, 15) is 9.59 Å². The standard InChI is InChI=1S/C28H34N4O3S/c1-18-24(26(34)31-21-12-6-7-13-22(21)35-5)25(32-14-9-15-36-27(32)29-18)19-10-8-11-20(16-19)30-23(33)17-28(2,3)4/h6-8,10-13,16,25H,9,14-15,17H2,1-5H3,(H,30,33)(H,31,34). The summed E-state index contributed by atoms with van der Waals surface area (Å²) >= 11 is 1.71. The molecule has 0 bridgehead atoms. The molecule has 1 fully saturated rings. The second kappa shape index (κ2) is 10.8. The van der Waals surface area contributed by atoms with Gasteiger partial charge in [-0.1, -0.05) is 56.8 Å². The number of hydrogen-bond donors (Lipinski definition) is 2. The number of fused-ring (bicyclic) bond motifs is 1. The molecule has 36 heavy (non-hydrogen) atoms. The predicted octanol–water partition coefficient (Wildman–Crippen LogP) is 5.83. The van der Waals surface area contributed by atoms with Crippen LogP contribution < -0.4 is 15.4 Å². The van der Waals surface area contributed by atoms with E-state index in [1.54, 1.807) is 18.9 Å². The van der Waals surface area contributed by atoms with Crippen molar-refractivity contribution in [3.8, 4) is 5.75 Å². The zero-order valence-electron chi connectivity index (χ0n) is 21.6. The number of aliphatic imine (C=N–C) groups is 1. The maximum atomic E-state index is 13.7. The first-order valence-electron chi connectivity index (χ1n) is 12.2. The smallest absolute Gasteiger partial charge is 0.255 e. The maximum absolute atomic E-state index is 13.7. The highest BCUT2D eigenvalue weighted by atomic mass is 32.2. The molecule has 1 unspecified atom stereocenters. The molecule has 8 heteroatoms. The van der Waals surface area contributed by atoms with Crippen LogP contribution in [0.4, 0.5) is 11.4 Å². The van der Waals surface area contributed by atoms with Crippen molar-refractivity contribution in [3.63, 3.8) is 0 Å². The average molecular weight is 507 g/mol. The number of carbonyl (C=O) groups is 2. The Morgan fingerprint density at radius 1 is 1.14 bits per heavy atom. The number of methoxy groups -OCH3 is 1. The van der Waals surface area contributed by atoms with Crippen LogP contribution in [0.25, 0.3) is 0 Å². The van der Waals surface area contributed by atoms with Gasteiger partial charge in [0.2, 0.25) is 5.91 Å². The molecule has 0 aromatic heterocycles. The molecule has 2 N–H and O–H groups in total. The van der Waals surface area contributed by atoms with Crippen molar-refractivity contribution < 1.29 is 14.3 Å². The summed E-state index contributed by atoms with van der Waals surface area (Å²) in [7, 11) is 1.58. The largest absolute Gasteiger partial charge is 0.495 e. The molecule has 1 saturated heterocycles. The van der Waals surface area contributed by atoms with Crippen molar-refractivity contribution in [2.24, 2.45) is 10.4 Å². The quantitative estimate of drug-likeness (QED) is 0.515. The lowest BCUT2D eigenvalue weighted by molar-refractivity contribution is -0.118. The van der Waals surface area contributed by atoms with E-state index in [1.165, 1.54) is 0 Å². The highest BCUT2D eigenvalue weighted by Gasteiger charge is 2.37. The minimum atomic E-state index is -0.320. The highest BCUT2D eigenvalue weighted by molar-refractivity contribution is 8.13. The molecular weight excluding hydrogens is 472 g/mol. The van der Waals surface area contributed by atoms with Crippen LogP contribution in [0.3, 0.4) is 0 Å². The number of benzene rings is 2. The Kier molecular flexibility index (Phi) is 7.73. The van der Waals surface area contributed by atoms with Gasteiger partial charge in [-0.2, -0.15) is 0 Å². The topological polar surface area (TPSA) is 83.0 Å². The average Bonchev–Trinajstić information content (AvgIpc) is 2.82. The third-order valence-corrected chi connectivity index (χ3v) is 7.11. The van der Waals surface area contributed by atoms with E-state index in [-0.39, 0.29) is 23.3 Å². The molecule has 0 spiro atoms. The Morgan fingerprint density at radius 3 is 2.67 bits per heavy atom. The number of rotatable bonds is 6. The lowest BCUT2D eigenvalue weighted by Gasteiger charge is -2.41. The van der Waals surface area contributed by atoms with E-state index in [4.69, 9.17) is 9.73 Å². The molecule has 0 saturated carbocycles. The van der Waals surface area contributed by atoms with E-state index in [0.29, 0.717) is 29.1 Å². The van der Waals surface area contributed by atoms with Gasteiger partial charge < -0.3 is 20.3 Å².